The highest BCUT2D eigenvalue weighted by atomic mass is 19.1. The third kappa shape index (κ3) is 3.54. The Bertz CT molecular complexity index is 560. The van der Waals surface area contributed by atoms with E-state index in [-0.39, 0.29) is 11.5 Å². The van der Waals surface area contributed by atoms with Crippen LogP contribution in [0.3, 0.4) is 0 Å². The maximum absolute atomic E-state index is 12.8. The molecule has 1 fully saturated rings. The zero-order valence-electron chi connectivity index (χ0n) is 11.1. The van der Waals surface area contributed by atoms with Gasteiger partial charge in [0.25, 0.3) is 0 Å². The van der Waals surface area contributed by atoms with E-state index in [9.17, 15) is 4.39 Å². The highest BCUT2D eigenvalue weighted by Gasteiger charge is 2.18. The molecule has 0 unspecified atom stereocenters. The van der Waals surface area contributed by atoms with Gasteiger partial charge in [-0.05, 0) is 43.5 Å². The van der Waals surface area contributed by atoms with Crippen molar-refractivity contribution < 1.29 is 8.97 Å². The molecule has 1 aliphatic rings. The van der Waals surface area contributed by atoms with Crippen molar-refractivity contribution in [1.82, 2.24) is 0 Å². The molecule has 20 heavy (non-hydrogen) atoms. The van der Waals surface area contributed by atoms with Crippen molar-refractivity contribution in [2.75, 3.05) is 18.5 Å². The van der Waals surface area contributed by atoms with Gasteiger partial charge >= 0.3 is 5.84 Å². The quantitative estimate of drug-likeness (QED) is 0.381. The monoisotopic (exact) mass is 274 g/mol. The zero-order valence-corrected chi connectivity index (χ0v) is 11.1. The molecule has 0 saturated carbocycles. The Morgan fingerprint density at radius 3 is 2.50 bits per heavy atom. The van der Waals surface area contributed by atoms with Gasteiger partial charge in [-0.3, -0.25) is 15.7 Å². The maximum atomic E-state index is 12.8. The molecule has 3 N–H and O–H groups in total. The Hall–Kier alpha value is -2.42. The van der Waals surface area contributed by atoms with Gasteiger partial charge in [0, 0.05) is 0 Å². The number of benzene rings is 1. The van der Waals surface area contributed by atoms with E-state index in [1.165, 1.54) is 18.6 Å². The number of rotatable bonds is 3. The lowest BCUT2D eigenvalue weighted by molar-refractivity contribution is -0.536. The normalized spacial score (nSPS) is 15.6. The van der Waals surface area contributed by atoms with Crippen molar-refractivity contribution >= 4 is 17.2 Å². The molecule has 1 aliphatic heterocycles. The topological polar surface area (TPSA) is 77.2 Å². The summed E-state index contributed by atoms with van der Waals surface area (Å²) in [5.74, 6) is 0.0706. The first-order chi connectivity index (χ1) is 9.70. The summed E-state index contributed by atoms with van der Waals surface area (Å²) in [5, 5.41) is 13.1. The van der Waals surface area contributed by atoms with Gasteiger partial charge in [0.2, 0.25) is 5.71 Å². The number of nitrogens with one attached hydrogen (secondary N) is 1. The molecule has 1 saturated heterocycles. The van der Waals surface area contributed by atoms with E-state index in [1.54, 1.807) is 12.1 Å². The van der Waals surface area contributed by atoms with Crippen molar-refractivity contribution in [3.63, 3.8) is 0 Å². The van der Waals surface area contributed by atoms with Gasteiger partial charge in [0.1, 0.15) is 11.9 Å². The molecule has 0 aliphatic carbocycles. The molecule has 0 radical (unpaired) electrons. The Labute approximate surface area is 117 Å². The number of anilines is 1. The summed E-state index contributed by atoms with van der Waals surface area (Å²) in [6, 6.07) is 7.73. The molecule has 6 heteroatoms. The molecular formula is C14H17FN5+. The van der Waals surface area contributed by atoms with Crippen LogP contribution in [0.15, 0.2) is 29.4 Å². The van der Waals surface area contributed by atoms with Gasteiger partial charge in [-0.2, -0.15) is 10.4 Å². The zero-order chi connectivity index (χ0) is 14.4. The average Bonchev–Trinajstić information content (AvgIpc) is 2.50. The van der Waals surface area contributed by atoms with Crippen molar-refractivity contribution in [2.24, 2.45) is 10.8 Å². The van der Waals surface area contributed by atoms with Crippen LogP contribution < -0.4 is 11.2 Å². The number of amidine groups is 1. The fraction of sp³-hybridized carbons (Fsp3) is 0.357. The maximum Gasteiger partial charge on any atom is 0.306 e. The molecule has 104 valence electrons. The fourth-order valence-electron chi connectivity index (χ4n) is 2.07. The van der Waals surface area contributed by atoms with Crippen molar-refractivity contribution in [3.8, 4) is 6.07 Å². The molecule has 1 aromatic carbocycles. The van der Waals surface area contributed by atoms with E-state index in [2.05, 4.69) is 10.5 Å². The van der Waals surface area contributed by atoms with Crippen LogP contribution in [-0.2, 0) is 0 Å². The summed E-state index contributed by atoms with van der Waals surface area (Å²) in [5.41, 5.74) is 9.45. The largest absolute Gasteiger partial charge is 0.306 e. The highest BCUT2D eigenvalue weighted by molar-refractivity contribution is 6.45. The van der Waals surface area contributed by atoms with Crippen LogP contribution in [0.2, 0.25) is 0 Å². The molecule has 1 heterocycles. The molecule has 0 atom stereocenters. The van der Waals surface area contributed by atoms with Crippen LogP contribution in [0, 0.1) is 17.1 Å². The van der Waals surface area contributed by atoms with Crippen LogP contribution in [0.1, 0.15) is 19.3 Å². The SMILES string of the molecule is N#C/C(=N/Nc1ccc(F)cc1)C(N)=[N+]1CCCCC1. The summed E-state index contributed by atoms with van der Waals surface area (Å²) < 4.78 is 14.7. The predicted molar refractivity (Wildman–Crippen MR) is 76.1 cm³/mol. The Morgan fingerprint density at radius 2 is 1.90 bits per heavy atom. The van der Waals surface area contributed by atoms with E-state index in [0.717, 1.165) is 25.9 Å². The van der Waals surface area contributed by atoms with Crippen LogP contribution in [-0.4, -0.2) is 29.2 Å². The van der Waals surface area contributed by atoms with Gasteiger partial charge in [0.15, 0.2) is 0 Å². The molecule has 0 amide bonds. The number of nitrogens with two attached hydrogens (primary N) is 1. The average molecular weight is 274 g/mol. The third-order valence-electron chi connectivity index (χ3n) is 3.19. The first-order valence-corrected chi connectivity index (χ1v) is 6.58. The number of piperidine rings is 1. The number of hydrazone groups is 1. The van der Waals surface area contributed by atoms with E-state index in [1.807, 2.05) is 10.6 Å². The van der Waals surface area contributed by atoms with Gasteiger partial charge < -0.3 is 0 Å². The van der Waals surface area contributed by atoms with Crippen molar-refractivity contribution in [3.05, 3.63) is 30.1 Å². The molecule has 0 aromatic heterocycles. The summed E-state index contributed by atoms with van der Waals surface area (Å²) >= 11 is 0. The minimum Gasteiger partial charge on any atom is -0.285 e. The first kappa shape index (κ1) is 14.0. The van der Waals surface area contributed by atoms with E-state index in [4.69, 9.17) is 11.0 Å². The minimum absolute atomic E-state index is 0.149. The second-order valence-electron chi connectivity index (χ2n) is 4.62. The molecule has 1 aromatic rings. The second-order valence-corrected chi connectivity index (χ2v) is 4.62. The molecule has 0 bridgehead atoms. The Balaban J connectivity index is 2.13. The lowest BCUT2D eigenvalue weighted by Gasteiger charge is -2.14. The standard InChI is InChI=1S/C14H16FN5/c15-11-4-6-12(7-5-11)18-19-13(10-16)14(17)20-8-2-1-3-9-20/h4-7H,1-3,8-9H2,(H2,17,18)/p+1. The van der Waals surface area contributed by atoms with E-state index >= 15 is 0 Å². The van der Waals surface area contributed by atoms with Gasteiger partial charge in [-0.15, -0.1) is 0 Å². The summed E-state index contributed by atoms with van der Waals surface area (Å²) in [6.07, 6.45) is 3.34. The lowest BCUT2D eigenvalue weighted by Crippen LogP contribution is -2.38. The van der Waals surface area contributed by atoms with Crippen LogP contribution >= 0.6 is 0 Å². The minimum atomic E-state index is -0.320. The first-order valence-electron chi connectivity index (χ1n) is 6.58. The summed E-state index contributed by atoms with van der Waals surface area (Å²) in [6.45, 7) is 1.70. The molecule has 5 nitrogen and oxygen atoms in total. The number of hydrogen-bond acceptors (Lipinski definition) is 3. The summed E-state index contributed by atoms with van der Waals surface area (Å²) in [4.78, 5) is 0. The van der Waals surface area contributed by atoms with E-state index < -0.39 is 0 Å². The predicted octanol–water partition coefficient (Wildman–Crippen LogP) is 1.67. The van der Waals surface area contributed by atoms with Gasteiger partial charge in [-0.25, -0.2) is 4.39 Å². The molecular weight excluding hydrogens is 257 g/mol. The van der Waals surface area contributed by atoms with Crippen LogP contribution in [0.4, 0.5) is 10.1 Å². The Morgan fingerprint density at radius 1 is 1.25 bits per heavy atom. The number of halogens is 1. The second kappa shape index (κ2) is 6.66. The number of nitriles is 1. The smallest absolute Gasteiger partial charge is 0.285 e. The molecule has 2 rings (SSSR count). The van der Waals surface area contributed by atoms with Gasteiger partial charge in [-0.1, -0.05) is 0 Å². The molecule has 0 spiro atoms. The lowest BCUT2D eigenvalue weighted by atomic mass is 10.1. The third-order valence-corrected chi connectivity index (χ3v) is 3.19. The summed E-state index contributed by atoms with van der Waals surface area (Å²) in [7, 11) is 0. The van der Waals surface area contributed by atoms with Crippen molar-refractivity contribution in [1.29, 1.82) is 5.26 Å². The van der Waals surface area contributed by atoms with Crippen LogP contribution in [0.25, 0.3) is 0 Å². The number of hydrogen-bond donors (Lipinski definition) is 2. The van der Waals surface area contributed by atoms with Crippen LogP contribution in [0.5, 0.6) is 0 Å². The van der Waals surface area contributed by atoms with E-state index in [0.29, 0.717) is 11.5 Å². The fourth-order valence-corrected chi connectivity index (χ4v) is 2.07. The van der Waals surface area contributed by atoms with Crippen molar-refractivity contribution in [2.45, 2.75) is 19.3 Å². The van der Waals surface area contributed by atoms with Gasteiger partial charge in [0.05, 0.1) is 18.8 Å². The number of nitrogens with zero attached hydrogens (tertiary/aromatic N) is 3. The highest BCUT2D eigenvalue weighted by Crippen LogP contribution is 2.08. The Kier molecular flexibility index (Phi) is 4.66.